The number of nitrogens with one attached hydrogen (secondary N) is 1. The number of hydrogen-bond donors (Lipinski definition) is 1. The van der Waals surface area contributed by atoms with Gasteiger partial charge in [-0.05, 0) is 61.7 Å². The molecule has 0 radical (unpaired) electrons. The third-order valence-corrected chi connectivity index (χ3v) is 5.38. The summed E-state index contributed by atoms with van der Waals surface area (Å²) >= 11 is 7.25. The van der Waals surface area contributed by atoms with Crippen LogP contribution in [-0.2, 0) is 4.79 Å². The fourth-order valence-electron chi connectivity index (χ4n) is 2.85. The Hall–Kier alpha value is -1.72. The average Bonchev–Trinajstić information content (AvgIpc) is 2.62. The summed E-state index contributed by atoms with van der Waals surface area (Å²) in [5.41, 5.74) is 1.10. The van der Waals surface area contributed by atoms with Gasteiger partial charge in [0.25, 0.3) is 0 Å². The smallest absolute Gasteiger partial charge is 0.234 e. The van der Waals surface area contributed by atoms with E-state index in [4.69, 9.17) is 11.6 Å². The minimum atomic E-state index is -0.287. The highest BCUT2D eigenvalue weighted by molar-refractivity contribution is 8.00. The molecular formula is C19H20ClFN2OS. The van der Waals surface area contributed by atoms with Crippen molar-refractivity contribution in [2.24, 2.45) is 0 Å². The van der Waals surface area contributed by atoms with Crippen molar-refractivity contribution in [2.75, 3.05) is 29.1 Å². The molecule has 3 nitrogen and oxygen atoms in total. The van der Waals surface area contributed by atoms with E-state index in [-0.39, 0.29) is 17.5 Å². The van der Waals surface area contributed by atoms with E-state index in [1.807, 2.05) is 12.1 Å². The molecule has 3 rings (SSSR count). The summed E-state index contributed by atoms with van der Waals surface area (Å²) in [7, 11) is 0. The van der Waals surface area contributed by atoms with Crippen molar-refractivity contribution >= 4 is 40.6 Å². The van der Waals surface area contributed by atoms with Gasteiger partial charge in [0.15, 0.2) is 0 Å². The molecule has 1 amide bonds. The fourth-order valence-corrected chi connectivity index (χ4v) is 3.68. The van der Waals surface area contributed by atoms with Crippen molar-refractivity contribution in [1.82, 2.24) is 0 Å². The third kappa shape index (κ3) is 5.13. The first-order valence-corrected chi connectivity index (χ1v) is 9.71. The van der Waals surface area contributed by atoms with Crippen LogP contribution in [0.2, 0.25) is 5.02 Å². The molecule has 1 saturated heterocycles. The van der Waals surface area contributed by atoms with E-state index in [9.17, 15) is 9.18 Å². The van der Waals surface area contributed by atoms with Crippen molar-refractivity contribution in [3.05, 3.63) is 53.3 Å². The van der Waals surface area contributed by atoms with Gasteiger partial charge in [-0.15, -0.1) is 11.8 Å². The Balaban J connectivity index is 1.55. The first kappa shape index (κ1) is 18.1. The Morgan fingerprint density at radius 2 is 1.84 bits per heavy atom. The second-order valence-electron chi connectivity index (χ2n) is 6.00. The summed E-state index contributed by atoms with van der Waals surface area (Å²) in [5.74, 6) is -0.188. The van der Waals surface area contributed by atoms with Crippen LogP contribution in [0.3, 0.4) is 0 Å². The lowest BCUT2D eigenvalue weighted by Crippen LogP contribution is -2.30. The number of nitrogens with zero attached hydrogens (tertiary/aromatic N) is 1. The number of amides is 1. The van der Waals surface area contributed by atoms with Gasteiger partial charge in [0.1, 0.15) is 5.82 Å². The maximum absolute atomic E-state index is 14.4. The summed E-state index contributed by atoms with van der Waals surface area (Å²) < 4.78 is 14.4. The quantitative estimate of drug-likeness (QED) is 0.726. The lowest BCUT2D eigenvalue weighted by Gasteiger charge is -2.29. The normalized spacial score (nSPS) is 14.4. The van der Waals surface area contributed by atoms with Crippen molar-refractivity contribution in [2.45, 2.75) is 24.2 Å². The number of carbonyl (C=O) groups excluding carboxylic acids is 1. The average molecular weight is 379 g/mol. The molecule has 0 aromatic heterocycles. The summed E-state index contributed by atoms with van der Waals surface area (Å²) in [4.78, 5) is 15.1. The van der Waals surface area contributed by atoms with Crippen LogP contribution in [0.25, 0.3) is 0 Å². The second kappa shape index (κ2) is 8.59. The predicted octanol–water partition coefficient (Wildman–Crippen LogP) is 5.20. The Morgan fingerprint density at radius 1 is 1.12 bits per heavy atom. The fraction of sp³-hybridized carbons (Fsp3) is 0.316. The number of anilines is 2. The molecule has 0 saturated carbocycles. The number of piperidine rings is 1. The molecule has 2 aromatic rings. The minimum absolute atomic E-state index is 0.162. The number of carbonyl (C=O) groups is 1. The molecular weight excluding hydrogens is 359 g/mol. The number of rotatable bonds is 5. The van der Waals surface area contributed by atoms with Gasteiger partial charge in [-0.2, -0.15) is 0 Å². The van der Waals surface area contributed by atoms with Crippen LogP contribution >= 0.6 is 23.4 Å². The molecule has 1 fully saturated rings. The minimum Gasteiger partial charge on any atom is -0.369 e. The lowest BCUT2D eigenvalue weighted by molar-refractivity contribution is -0.113. The molecule has 1 heterocycles. The number of thioether (sulfide) groups is 1. The Kier molecular flexibility index (Phi) is 6.21. The van der Waals surface area contributed by atoms with Gasteiger partial charge in [-0.1, -0.05) is 11.6 Å². The van der Waals surface area contributed by atoms with E-state index in [1.165, 1.54) is 24.2 Å². The zero-order valence-corrected chi connectivity index (χ0v) is 15.4. The van der Waals surface area contributed by atoms with Gasteiger partial charge in [0.05, 0.1) is 11.4 Å². The maximum atomic E-state index is 14.4. The number of benzene rings is 2. The van der Waals surface area contributed by atoms with Crippen LogP contribution in [0.1, 0.15) is 19.3 Å². The zero-order chi connectivity index (χ0) is 17.6. The van der Waals surface area contributed by atoms with Crippen molar-refractivity contribution < 1.29 is 9.18 Å². The molecule has 0 atom stereocenters. The highest BCUT2D eigenvalue weighted by atomic mass is 35.5. The summed E-state index contributed by atoms with van der Waals surface area (Å²) in [6.07, 6.45) is 3.40. The molecule has 1 aliphatic heterocycles. The highest BCUT2D eigenvalue weighted by Crippen LogP contribution is 2.26. The molecule has 0 unspecified atom stereocenters. The van der Waals surface area contributed by atoms with Crippen LogP contribution in [-0.4, -0.2) is 24.7 Å². The van der Waals surface area contributed by atoms with Crippen molar-refractivity contribution in [1.29, 1.82) is 0 Å². The second-order valence-corrected chi connectivity index (χ2v) is 7.49. The van der Waals surface area contributed by atoms with E-state index >= 15 is 0 Å². The molecule has 1 N–H and O–H groups in total. The van der Waals surface area contributed by atoms with Gasteiger partial charge in [0.2, 0.25) is 5.91 Å². The summed E-state index contributed by atoms with van der Waals surface area (Å²) in [6.45, 7) is 1.78. The standard InChI is InChI=1S/C19H20ClFN2OS/c20-14-4-7-16(8-5-14)25-13-19(24)22-15-6-9-18(17(21)12-15)23-10-2-1-3-11-23/h4-9,12H,1-3,10-11,13H2,(H,22,24). The molecule has 0 aliphatic carbocycles. The first-order valence-electron chi connectivity index (χ1n) is 8.34. The van der Waals surface area contributed by atoms with Crippen LogP contribution in [0.4, 0.5) is 15.8 Å². The Bertz CT molecular complexity index is 733. The van der Waals surface area contributed by atoms with Crippen molar-refractivity contribution in [3.8, 4) is 0 Å². The molecule has 6 heteroatoms. The van der Waals surface area contributed by atoms with E-state index < -0.39 is 0 Å². The first-order chi connectivity index (χ1) is 12.1. The Labute approximate surface area is 156 Å². The predicted molar refractivity (Wildman–Crippen MR) is 103 cm³/mol. The Morgan fingerprint density at radius 3 is 2.52 bits per heavy atom. The maximum Gasteiger partial charge on any atom is 0.234 e. The molecule has 25 heavy (non-hydrogen) atoms. The van der Waals surface area contributed by atoms with Crippen LogP contribution in [0.15, 0.2) is 47.4 Å². The van der Waals surface area contributed by atoms with Gasteiger partial charge in [-0.3, -0.25) is 4.79 Å². The van der Waals surface area contributed by atoms with Crippen molar-refractivity contribution in [3.63, 3.8) is 0 Å². The lowest BCUT2D eigenvalue weighted by atomic mass is 10.1. The third-order valence-electron chi connectivity index (χ3n) is 4.11. The van der Waals surface area contributed by atoms with Crippen LogP contribution < -0.4 is 10.2 Å². The van der Waals surface area contributed by atoms with E-state index in [1.54, 1.807) is 24.3 Å². The van der Waals surface area contributed by atoms with Gasteiger partial charge in [0, 0.05) is 28.7 Å². The van der Waals surface area contributed by atoms with E-state index in [0.717, 1.165) is 30.8 Å². The van der Waals surface area contributed by atoms with Gasteiger partial charge < -0.3 is 10.2 Å². The van der Waals surface area contributed by atoms with Gasteiger partial charge >= 0.3 is 0 Å². The monoisotopic (exact) mass is 378 g/mol. The summed E-state index contributed by atoms with van der Waals surface area (Å²) in [6, 6.07) is 12.2. The van der Waals surface area contributed by atoms with E-state index in [2.05, 4.69) is 10.2 Å². The SMILES string of the molecule is O=C(CSc1ccc(Cl)cc1)Nc1ccc(N2CCCCC2)c(F)c1. The van der Waals surface area contributed by atoms with Gasteiger partial charge in [-0.25, -0.2) is 4.39 Å². The highest BCUT2D eigenvalue weighted by Gasteiger charge is 2.15. The molecule has 1 aliphatic rings. The molecule has 132 valence electrons. The summed E-state index contributed by atoms with van der Waals surface area (Å²) in [5, 5.41) is 3.42. The molecule has 0 spiro atoms. The van der Waals surface area contributed by atoms with Crippen LogP contribution in [0.5, 0.6) is 0 Å². The zero-order valence-electron chi connectivity index (χ0n) is 13.8. The number of halogens is 2. The number of hydrogen-bond acceptors (Lipinski definition) is 3. The largest absolute Gasteiger partial charge is 0.369 e. The molecule has 2 aromatic carbocycles. The topological polar surface area (TPSA) is 32.3 Å². The van der Waals surface area contributed by atoms with E-state index in [0.29, 0.717) is 16.4 Å². The van der Waals surface area contributed by atoms with Crippen LogP contribution in [0, 0.1) is 5.82 Å². The molecule has 0 bridgehead atoms.